The molecule has 4 nitrogen and oxygen atoms in total. The fourth-order valence-electron chi connectivity index (χ4n) is 2.35. The number of nitrogens with one attached hydrogen (secondary N) is 1. The second kappa shape index (κ2) is 11.8. The quantitative estimate of drug-likeness (QED) is 0.580. The van der Waals surface area contributed by atoms with Crippen LogP contribution in [0.1, 0.15) is 56.9 Å². The van der Waals surface area contributed by atoms with Crippen LogP contribution in [0, 0.1) is 0 Å². The average Bonchev–Trinajstić information content (AvgIpc) is 2.50. The minimum Gasteiger partial charge on any atom is -0.481 e. The first-order valence-corrected chi connectivity index (χ1v) is 8.21. The second-order valence-electron chi connectivity index (χ2n) is 5.60. The lowest BCUT2D eigenvalue weighted by Crippen LogP contribution is -2.24. The van der Waals surface area contributed by atoms with Crippen LogP contribution >= 0.6 is 0 Å². The van der Waals surface area contributed by atoms with Crippen LogP contribution in [0.2, 0.25) is 0 Å². The van der Waals surface area contributed by atoms with E-state index in [0.29, 0.717) is 6.42 Å². The molecule has 1 amide bonds. The van der Waals surface area contributed by atoms with Gasteiger partial charge in [0.1, 0.15) is 0 Å². The number of carbonyl (C=O) groups is 2. The van der Waals surface area contributed by atoms with E-state index in [9.17, 15) is 9.59 Å². The van der Waals surface area contributed by atoms with Crippen molar-refractivity contribution in [2.24, 2.45) is 0 Å². The predicted molar refractivity (Wildman–Crippen MR) is 87.7 cm³/mol. The first-order chi connectivity index (χ1) is 10.7. The van der Waals surface area contributed by atoms with Crippen molar-refractivity contribution in [1.29, 1.82) is 0 Å². The van der Waals surface area contributed by atoms with Crippen LogP contribution < -0.4 is 5.32 Å². The molecule has 0 radical (unpaired) electrons. The summed E-state index contributed by atoms with van der Waals surface area (Å²) in [5.41, 5.74) is 1.27. The normalized spacial score (nSPS) is 10.4. The summed E-state index contributed by atoms with van der Waals surface area (Å²) in [6.45, 7) is 0.725. The molecule has 4 heteroatoms. The van der Waals surface area contributed by atoms with Gasteiger partial charge in [-0.15, -0.1) is 0 Å². The van der Waals surface area contributed by atoms with Crippen molar-refractivity contribution in [3.05, 3.63) is 35.9 Å². The Hall–Kier alpha value is -1.84. The molecule has 0 aliphatic heterocycles. The molecule has 22 heavy (non-hydrogen) atoms. The van der Waals surface area contributed by atoms with Gasteiger partial charge in [0, 0.05) is 19.4 Å². The number of aliphatic carboxylic acids is 1. The van der Waals surface area contributed by atoms with Gasteiger partial charge in [0.05, 0.1) is 0 Å². The van der Waals surface area contributed by atoms with Crippen LogP contribution in [0.5, 0.6) is 0 Å². The van der Waals surface area contributed by atoms with Gasteiger partial charge in [0.2, 0.25) is 5.91 Å². The van der Waals surface area contributed by atoms with E-state index in [4.69, 9.17) is 5.11 Å². The number of amides is 1. The molecule has 0 aliphatic rings. The number of hydrogen-bond donors (Lipinski definition) is 2. The van der Waals surface area contributed by atoms with Gasteiger partial charge < -0.3 is 10.4 Å². The number of carbonyl (C=O) groups excluding carboxylic acids is 1. The third-order valence-corrected chi connectivity index (χ3v) is 3.60. The van der Waals surface area contributed by atoms with Gasteiger partial charge in [-0.3, -0.25) is 9.59 Å². The molecule has 0 bridgehead atoms. The van der Waals surface area contributed by atoms with E-state index in [1.54, 1.807) is 0 Å². The topological polar surface area (TPSA) is 66.4 Å². The standard InChI is InChI=1S/C18H27NO3/c20-17(13-9-12-16-10-5-4-6-11-16)19-15-8-3-1-2-7-14-18(21)22/h4-6,10-11H,1-3,7-9,12-15H2,(H,19,20)(H,21,22). The Morgan fingerprint density at radius 3 is 2.27 bits per heavy atom. The van der Waals surface area contributed by atoms with Crippen LogP contribution in [0.15, 0.2) is 30.3 Å². The van der Waals surface area contributed by atoms with Crippen molar-refractivity contribution < 1.29 is 14.7 Å². The molecule has 1 aromatic rings. The summed E-state index contributed by atoms with van der Waals surface area (Å²) < 4.78 is 0. The van der Waals surface area contributed by atoms with Crippen LogP contribution in [0.4, 0.5) is 0 Å². The van der Waals surface area contributed by atoms with Crippen molar-refractivity contribution in [3.63, 3.8) is 0 Å². The molecule has 0 fully saturated rings. The van der Waals surface area contributed by atoms with Crippen LogP contribution in [-0.2, 0) is 16.0 Å². The Kier molecular flexibility index (Phi) is 9.75. The maximum atomic E-state index is 11.7. The molecule has 122 valence electrons. The molecule has 0 aromatic heterocycles. The van der Waals surface area contributed by atoms with E-state index in [0.717, 1.165) is 51.5 Å². The molecule has 2 N–H and O–H groups in total. The minimum absolute atomic E-state index is 0.127. The lowest BCUT2D eigenvalue weighted by molar-refractivity contribution is -0.137. The summed E-state index contributed by atoms with van der Waals surface area (Å²) in [6, 6.07) is 10.2. The number of carboxylic acids is 1. The number of hydrogen-bond acceptors (Lipinski definition) is 2. The first kappa shape index (κ1) is 18.2. The van der Waals surface area contributed by atoms with E-state index >= 15 is 0 Å². The smallest absolute Gasteiger partial charge is 0.303 e. The third kappa shape index (κ3) is 9.97. The Morgan fingerprint density at radius 2 is 1.55 bits per heavy atom. The maximum Gasteiger partial charge on any atom is 0.303 e. The zero-order valence-corrected chi connectivity index (χ0v) is 13.2. The molecule has 0 saturated carbocycles. The molecule has 0 spiro atoms. The Labute approximate surface area is 132 Å². The number of unbranched alkanes of at least 4 members (excludes halogenated alkanes) is 4. The SMILES string of the molecule is O=C(O)CCCCCCCNC(=O)CCCc1ccccc1. The number of carboxylic acid groups (broad SMARTS) is 1. The van der Waals surface area contributed by atoms with Gasteiger partial charge in [-0.2, -0.15) is 0 Å². The molecular formula is C18H27NO3. The lowest BCUT2D eigenvalue weighted by atomic mass is 10.1. The summed E-state index contributed by atoms with van der Waals surface area (Å²) in [5, 5.41) is 11.5. The molecule has 0 aliphatic carbocycles. The zero-order chi connectivity index (χ0) is 16.0. The minimum atomic E-state index is -0.720. The van der Waals surface area contributed by atoms with Crippen molar-refractivity contribution in [2.75, 3.05) is 6.54 Å². The van der Waals surface area contributed by atoms with Crippen molar-refractivity contribution in [1.82, 2.24) is 5.32 Å². The highest BCUT2D eigenvalue weighted by Crippen LogP contribution is 2.06. The van der Waals surface area contributed by atoms with Crippen molar-refractivity contribution in [3.8, 4) is 0 Å². The molecule has 0 atom stereocenters. The van der Waals surface area contributed by atoms with Crippen LogP contribution in [0.25, 0.3) is 0 Å². The van der Waals surface area contributed by atoms with E-state index in [2.05, 4.69) is 17.4 Å². The first-order valence-electron chi connectivity index (χ1n) is 8.21. The molecule has 0 heterocycles. The fourth-order valence-corrected chi connectivity index (χ4v) is 2.35. The maximum absolute atomic E-state index is 11.7. The van der Waals surface area contributed by atoms with Gasteiger partial charge in [0.15, 0.2) is 0 Å². The molecular weight excluding hydrogens is 278 g/mol. The molecule has 0 unspecified atom stereocenters. The number of aryl methyl sites for hydroxylation is 1. The van der Waals surface area contributed by atoms with Crippen LogP contribution in [-0.4, -0.2) is 23.5 Å². The fraction of sp³-hybridized carbons (Fsp3) is 0.556. The molecule has 1 rings (SSSR count). The van der Waals surface area contributed by atoms with Gasteiger partial charge in [-0.25, -0.2) is 0 Å². The summed E-state index contributed by atoms with van der Waals surface area (Å²) in [5.74, 6) is -0.593. The summed E-state index contributed by atoms with van der Waals surface area (Å²) in [7, 11) is 0. The highest BCUT2D eigenvalue weighted by molar-refractivity contribution is 5.75. The van der Waals surface area contributed by atoms with Crippen molar-refractivity contribution in [2.45, 2.75) is 57.8 Å². The Bertz CT molecular complexity index is 431. The second-order valence-corrected chi connectivity index (χ2v) is 5.60. The van der Waals surface area contributed by atoms with E-state index in [1.165, 1.54) is 5.56 Å². The highest BCUT2D eigenvalue weighted by atomic mass is 16.4. The van der Waals surface area contributed by atoms with E-state index in [-0.39, 0.29) is 12.3 Å². The summed E-state index contributed by atoms with van der Waals surface area (Å²) >= 11 is 0. The van der Waals surface area contributed by atoms with E-state index in [1.807, 2.05) is 18.2 Å². The third-order valence-electron chi connectivity index (χ3n) is 3.60. The number of benzene rings is 1. The highest BCUT2D eigenvalue weighted by Gasteiger charge is 2.01. The Balaban J connectivity index is 1.90. The number of rotatable bonds is 12. The summed E-state index contributed by atoms with van der Waals surface area (Å²) in [6.07, 6.45) is 7.42. The van der Waals surface area contributed by atoms with E-state index < -0.39 is 5.97 Å². The average molecular weight is 305 g/mol. The monoisotopic (exact) mass is 305 g/mol. The summed E-state index contributed by atoms with van der Waals surface area (Å²) in [4.78, 5) is 22.0. The lowest BCUT2D eigenvalue weighted by Gasteiger charge is -2.05. The van der Waals surface area contributed by atoms with Gasteiger partial charge in [-0.1, -0.05) is 49.6 Å². The Morgan fingerprint density at radius 1 is 0.864 bits per heavy atom. The van der Waals surface area contributed by atoms with Crippen molar-refractivity contribution >= 4 is 11.9 Å². The molecule has 1 aromatic carbocycles. The predicted octanol–water partition coefficient (Wildman–Crippen LogP) is 3.55. The zero-order valence-electron chi connectivity index (χ0n) is 13.2. The largest absolute Gasteiger partial charge is 0.481 e. The van der Waals surface area contributed by atoms with Gasteiger partial charge in [0.25, 0.3) is 0 Å². The van der Waals surface area contributed by atoms with Gasteiger partial charge >= 0.3 is 5.97 Å². The van der Waals surface area contributed by atoms with Crippen LogP contribution in [0.3, 0.4) is 0 Å². The van der Waals surface area contributed by atoms with Gasteiger partial charge in [-0.05, 0) is 31.2 Å². The molecule has 0 saturated heterocycles.